The number of benzene rings is 1. The molecule has 1 aromatic rings. The molecule has 1 fully saturated rings. The van der Waals surface area contributed by atoms with Gasteiger partial charge in [0.05, 0.1) is 5.69 Å². The molecule has 2 nitrogen and oxygen atoms in total. The summed E-state index contributed by atoms with van der Waals surface area (Å²) in [6.45, 7) is 0. The number of rotatable bonds is 2. The Kier molecular flexibility index (Phi) is 2.63. The van der Waals surface area contributed by atoms with Crippen molar-refractivity contribution in [1.29, 1.82) is 0 Å². The Hall–Kier alpha value is -1.16. The van der Waals surface area contributed by atoms with Crippen molar-refractivity contribution in [3.05, 3.63) is 30.1 Å². The summed E-state index contributed by atoms with van der Waals surface area (Å²) in [7, 11) is 0. The Labute approximate surface area is 87.5 Å². The first-order valence-corrected chi connectivity index (χ1v) is 4.98. The van der Waals surface area contributed by atoms with Crippen molar-refractivity contribution >= 4 is 23.0 Å². The van der Waals surface area contributed by atoms with Gasteiger partial charge in [0.25, 0.3) is 0 Å². The van der Waals surface area contributed by atoms with Gasteiger partial charge in [-0.1, -0.05) is 12.1 Å². The molecule has 1 aromatic carbocycles. The van der Waals surface area contributed by atoms with Crippen LogP contribution in [0, 0.1) is 5.82 Å². The minimum atomic E-state index is -0.285. The SMILES string of the molecule is Fc1ccccc1NC(=S)NC1CC1. The van der Waals surface area contributed by atoms with Crippen LogP contribution in [0.4, 0.5) is 10.1 Å². The molecule has 0 heterocycles. The second-order valence-corrected chi connectivity index (χ2v) is 3.76. The largest absolute Gasteiger partial charge is 0.360 e. The molecule has 0 radical (unpaired) electrons. The van der Waals surface area contributed by atoms with Crippen LogP contribution >= 0.6 is 12.2 Å². The van der Waals surface area contributed by atoms with Gasteiger partial charge >= 0.3 is 0 Å². The van der Waals surface area contributed by atoms with E-state index >= 15 is 0 Å². The summed E-state index contributed by atoms with van der Waals surface area (Å²) >= 11 is 5.02. The van der Waals surface area contributed by atoms with Gasteiger partial charge < -0.3 is 10.6 Å². The number of thiocarbonyl (C=S) groups is 1. The minimum absolute atomic E-state index is 0.285. The van der Waals surface area contributed by atoms with Crippen LogP contribution in [-0.2, 0) is 0 Å². The predicted molar refractivity (Wildman–Crippen MR) is 58.8 cm³/mol. The fourth-order valence-electron chi connectivity index (χ4n) is 1.13. The van der Waals surface area contributed by atoms with Gasteiger partial charge in [-0.15, -0.1) is 0 Å². The van der Waals surface area contributed by atoms with E-state index in [0.29, 0.717) is 16.8 Å². The second kappa shape index (κ2) is 3.92. The summed E-state index contributed by atoms with van der Waals surface area (Å²) in [6, 6.07) is 6.98. The molecule has 2 N–H and O–H groups in total. The monoisotopic (exact) mass is 210 g/mol. The predicted octanol–water partition coefficient (Wildman–Crippen LogP) is 2.27. The van der Waals surface area contributed by atoms with Crippen molar-refractivity contribution in [2.45, 2.75) is 18.9 Å². The van der Waals surface area contributed by atoms with Crippen LogP contribution in [0.25, 0.3) is 0 Å². The molecule has 1 aliphatic rings. The maximum Gasteiger partial charge on any atom is 0.171 e. The van der Waals surface area contributed by atoms with E-state index in [-0.39, 0.29) is 5.82 Å². The molecular formula is C10H11FN2S. The zero-order valence-electron chi connectivity index (χ0n) is 7.59. The molecule has 4 heteroatoms. The van der Waals surface area contributed by atoms with E-state index in [1.807, 2.05) is 0 Å². The highest BCUT2D eigenvalue weighted by atomic mass is 32.1. The summed E-state index contributed by atoms with van der Waals surface area (Å²) in [5, 5.41) is 6.41. The van der Waals surface area contributed by atoms with Gasteiger partial charge in [-0.25, -0.2) is 4.39 Å². The van der Waals surface area contributed by atoms with Gasteiger partial charge in [0, 0.05) is 6.04 Å². The van der Waals surface area contributed by atoms with Gasteiger partial charge in [-0.05, 0) is 37.2 Å². The zero-order valence-corrected chi connectivity index (χ0v) is 8.40. The number of hydrogen-bond acceptors (Lipinski definition) is 1. The normalized spacial score (nSPS) is 14.9. The smallest absolute Gasteiger partial charge is 0.171 e. The van der Waals surface area contributed by atoms with E-state index in [1.54, 1.807) is 18.2 Å². The highest BCUT2D eigenvalue weighted by Crippen LogP contribution is 2.19. The van der Waals surface area contributed by atoms with Crippen molar-refractivity contribution in [2.75, 3.05) is 5.32 Å². The van der Waals surface area contributed by atoms with Gasteiger partial charge in [0.15, 0.2) is 5.11 Å². The third-order valence-corrected chi connectivity index (χ3v) is 2.25. The Morgan fingerprint density at radius 3 is 2.71 bits per heavy atom. The van der Waals surface area contributed by atoms with Crippen molar-refractivity contribution in [3.63, 3.8) is 0 Å². The molecule has 2 rings (SSSR count). The molecule has 0 atom stereocenters. The van der Waals surface area contributed by atoms with E-state index in [2.05, 4.69) is 10.6 Å². The van der Waals surface area contributed by atoms with E-state index < -0.39 is 0 Å². The first kappa shape index (κ1) is 9.40. The quantitative estimate of drug-likeness (QED) is 0.732. The molecule has 0 aromatic heterocycles. The highest BCUT2D eigenvalue weighted by molar-refractivity contribution is 7.80. The number of hydrogen-bond donors (Lipinski definition) is 2. The molecule has 1 aliphatic carbocycles. The van der Waals surface area contributed by atoms with E-state index in [1.165, 1.54) is 6.07 Å². The molecule has 0 spiro atoms. The first-order chi connectivity index (χ1) is 6.75. The minimum Gasteiger partial charge on any atom is -0.360 e. The van der Waals surface area contributed by atoms with Crippen molar-refractivity contribution in [1.82, 2.24) is 5.32 Å². The third kappa shape index (κ3) is 2.42. The number of anilines is 1. The molecule has 1 saturated carbocycles. The molecule has 0 unspecified atom stereocenters. The van der Waals surface area contributed by atoms with Crippen LogP contribution in [0.3, 0.4) is 0 Å². The van der Waals surface area contributed by atoms with Crippen LogP contribution in [-0.4, -0.2) is 11.2 Å². The molecule has 0 amide bonds. The molecule has 0 aliphatic heterocycles. The first-order valence-electron chi connectivity index (χ1n) is 4.58. The summed E-state index contributed by atoms with van der Waals surface area (Å²) in [6.07, 6.45) is 2.30. The Morgan fingerprint density at radius 2 is 2.07 bits per heavy atom. The summed E-state index contributed by atoms with van der Waals surface area (Å²) in [4.78, 5) is 0. The van der Waals surface area contributed by atoms with Crippen molar-refractivity contribution < 1.29 is 4.39 Å². The van der Waals surface area contributed by atoms with Gasteiger partial charge in [-0.2, -0.15) is 0 Å². The number of para-hydroxylation sites is 1. The van der Waals surface area contributed by atoms with Gasteiger partial charge in [-0.3, -0.25) is 0 Å². The molecule has 14 heavy (non-hydrogen) atoms. The van der Waals surface area contributed by atoms with E-state index in [9.17, 15) is 4.39 Å². The second-order valence-electron chi connectivity index (χ2n) is 3.35. The van der Waals surface area contributed by atoms with Crippen LogP contribution in [0.5, 0.6) is 0 Å². The maximum absolute atomic E-state index is 13.2. The summed E-state index contributed by atoms with van der Waals surface area (Å²) in [5.41, 5.74) is 0.422. The van der Waals surface area contributed by atoms with Crippen LogP contribution in [0.15, 0.2) is 24.3 Å². The standard InChI is InChI=1S/C10H11FN2S/c11-8-3-1-2-4-9(8)13-10(14)12-7-5-6-7/h1-4,7H,5-6H2,(H2,12,13,14). The fourth-order valence-corrected chi connectivity index (χ4v) is 1.41. The third-order valence-electron chi connectivity index (χ3n) is 2.03. The number of nitrogens with one attached hydrogen (secondary N) is 2. The molecule has 0 saturated heterocycles. The Bertz CT molecular complexity index is 350. The van der Waals surface area contributed by atoms with E-state index in [4.69, 9.17) is 12.2 Å². The topological polar surface area (TPSA) is 24.1 Å². The lowest BCUT2D eigenvalue weighted by molar-refractivity contribution is 0.632. The van der Waals surface area contributed by atoms with E-state index in [0.717, 1.165) is 12.8 Å². The highest BCUT2D eigenvalue weighted by Gasteiger charge is 2.21. The Morgan fingerprint density at radius 1 is 1.36 bits per heavy atom. The van der Waals surface area contributed by atoms with Crippen molar-refractivity contribution in [2.24, 2.45) is 0 Å². The van der Waals surface area contributed by atoms with Crippen molar-refractivity contribution in [3.8, 4) is 0 Å². The average molecular weight is 210 g/mol. The summed E-state index contributed by atoms with van der Waals surface area (Å²) < 4.78 is 13.2. The molecule has 0 bridgehead atoms. The average Bonchev–Trinajstić information content (AvgIpc) is 2.93. The van der Waals surface area contributed by atoms with Crippen LogP contribution < -0.4 is 10.6 Å². The maximum atomic E-state index is 13.2. The zero-order chi connectivity index (χ0) is 9.97. The molecule has 74 valence electrons. The fraction of sp³-hybridized carbons (Fsp3) is 0.300. The van der Waals surface area contributed by atoms with Gasteiger partial charge in [0.1, 0.15) is 5.82 Å². The molecular weight excluding hydrogens is 199 g/mol. The van der Waals surface area contributed by atoms with Crippen LogP contribution in [0.1, 0.15) is 12.8 Å². The number of halogens is 1. The van der Waals surface area contributed by atoms with Crippen LogP contribution in [0.2, 0.25) is 0 Å². The summed E-state index contributed by atoms with van der Waals surface area (Å²) in [5.74, 6) is -0.285. The lowest BCUT2D eigenvalue weighted by Gasteiger charge is -2.09. The lowest BCUT2D eigenvalue weighted by Crippen LogP contribution is -2.30. The lowest BCUT2D eigenvalue weighted by atomic mass is 10.3. The Balaban J connectivity index is 1.95. The van der Waals surface area contributed by atoms with Gasteiger partial charge in [0.2, 0.25) is 0 Å².